The largest absolute Gasteiger partial charge is 0.337 e. The molecule has 0 spiro atoms. The number of nitriles is 1. The van der Waals surface area contributed by atoms with Crippen molar-refractivity contribution in [3.05, 3.63) is 63.1 Å². The zero-order chi connectivity index (χ0) is 17.7. The van der Waals surface area contributed by atoms with Crippen molar-refractivity contribution in [3.8, 4) is 6.07 Å². The summed E-state index contributed by atoms with van der Waals surface area (Å²) < 4.78 is 1.08. The van der Waals surface area contributed by atoms with E-state index in [0.29, 0.717) is 24.3 Å². The summed E-state index contributed by atoms with van der Waals surface area (Å²) in [6, 6.07) is 11.6. The van der Waals surface area contributed by atoms with Crippen molar-refractivity contribution in [3.63, 3.8) is 0 Å². The minimum Gasteiger partial charge on any atom is -0.337 e. The second kappa shape index (κ2) is 7.55. The summed E-state index contributed by atoms with van der Waals surface area (Å²) in [6.45, 7) is 6.12. The van der Waals surface area contributed by atoms with E-state index >= 15 is 0 Å². The molecule has 2 rings (SSSR count). The highest BCUT2D eigenvalue weighted by atomic mass is 16.2. The standard InChI is InChI=1S/C18H20N4O2/c1-4-21(11-15-8-6-5-7-9-15)17(23)12-22-18(24)16(10-19)13(2)14(3)20-22/h5-9H,4,11-12H2,1-3H3. The Hall–Kier alpha value is -2.94. The first-order valence-electron chi connectivity index (χ1n) is 7.78. The molecular weight excluding hydrogens is 304 g/mol. The van der Waals surface area contributed by atoms with Gasteiger partial charge in [-0.3, -0.25) is 9.59 Å². The van der Waals surface area contributed by atoms with E-state index < -0.39 is 5.56 Å². The van der Waals surface area contributed by atoms with Crippen LogP contribution in [-0.2, 0) is 17.9 Å². The Kier molecular flexibility index (Phi) is 5.48. The molecule has 0 fully saturated rings. The van der Waals surface area contributed by atoms with Gasteiger partial charge >= 0.3 is 0 Å². The van der Waals surface area contributed by atoms with Crippen LogP contribution in [0.15, 0.2) is 35.1 Å². The summed E-state index contributed by atoms with van der Waals surface area (Å²) >= 11 is 0. The van der Waals surface area contributed by atoms with Gasteiger partial charge in [-0.2, -0.15) is 10.4 Å². The Bertz CT molecular complexity index is 835. The summed E-state index contributed by atoms with van der Waals surface area (Å²) in [5.74, 6) is -0.205. The molecule has 0 aliphatic rings. The van der Waals surface area contributed by atoms with E-state index in [1.807, 2.05) is 43.3 Å². The van der Waals surface area contributed by atoms with Crippen molar-refractivity contribution in [2.75, 3.05) is 6.54 Å². The second-order valence-corrected chi connectivity index (χ2v) is 5.55. The molecule has 0 radical (unpaired) electrons. The molecule has 0 bridgehead atoms. The molecule has 0 aliphatic carbocycles. The van der Waals surface area contributed by atoms with Crippen molar-refractivity contribution in [2.45, 2.75) is 33.9 Å². The van der Waals surface area contributed by atoms with Crippen LogP contribution in [0.1, 0.15) is 29.3 Å². The lowest BCUT2D eigenvalue weighted by Gasteiger charge is -2.21. The lowest BCUT2D eigenvalue weighted by atomic mass is 10.1. The number of nitrogens with zero attached hydrogens (tertiary/aromatic N) is 4. The summed E-state index contributed by atoms with van der Waals surface area (Å²) in [5.41, 5.74) is 1.67. The maximum absolute atomic E-state index is 12.5. The highest BCUT2D eigenvalue weighted by Gasteiger charge is 2.17. The van der Waals surface area contributed by atoms with Crippen molar-refractivity contribution in [1.82, 2.24) is 14.7 Å². The van der Waals surface area contributed by atoms with Gasteiger partial charge in [-0.05, 0) is 31.9 Å². The maximum Gasteiger partial charge on any atom is 0.285 e. The Labute approximate surface area is 141 Å². The van der Waals surface area contributed by atoms with Gasteiger partial charge in [-0.15, -0.1) is 0 Å². The van der Waals surface area contributed by atoms with E-state index in [1.165, 1.54) is 0 Å². The zero-order valence-corrected chi connectivity index (χ0v) is 14.1. The summed E-state index contributed by atoms with van der Waals surface area (Å²) in [7, 11) is 0. The van der Waals surface area contributed by atoms with Crippen LogP contribution in [0.4, 0.5) is 0 Å². The maximum atomic E-state index is 12.5. The predicted octanol–water partition coefficient (Wildman–Crippen LogP) is 1.78. The number of hydrogen-bond acceptors (Lipinski definition) is 4. The van der Waals surface area contributed by atoms with Crippen molar-refractivity contribution >= 4 is 5.91 Å². The third-order valence-electron chi connectivity index (χ3n) is 3.98. The topological polar surface area (TPSA) is 79.0 Å². The Morgan fingerprint density at radius 3 is 2.54 bits per heavy atom. The van der Waals surface area contributed by atoms with Gasteiger partial charge in [0, 0.05) is 13.1 Å². The SMILES string of the molecule is CCN(Cc1ccccc1)C(=O)Cn1nc(C)c(C)c(C#N)c1=O. The number of amides is 1. The quantitative estimate of drug-likeness (QED) is 0.840. The van der Waals surface area contributed by atoms with Crippen LogP contribution in [0.25, 0.3) is 0 Å². The number of hydrogen-bond donors (Lipinski definition) is 0. The van der Waals surface area contributed by atoms with Gasteiger partial charge in [0.2, 0.25) is 5.91 Å². The number of aryl methyl sites for hydroxylation is 1. The van der Waals surface area contributed by atoms with Gasteiger partial charge in [0.1, 0.15) is 18.2 Å². The molecule has 6 heteroatoms. The molecule has 0 saturated heterocycles. The first-order valence-corrected chi connectivity index (χ1v) is 7.78. The first-order chi connectivity index (χ1) is 11.5. The molecule has 0 N–H and O–H groups in total. The van der Waals surface area contributed by atoms with E-state index in [0.717, 1.165) is 10.2 Å². The van der Waals surface area contributed by atoms with Crippen LogP contribution < -0.4 is 5.56 Å². The molecule has 1 aromatic heterocycles. The minimum atomic E-state index is -0.523. The average molecular weight is 324 g/mol. The summed E-state index contributed by atoms with van der Waals surface area (Å²) in [4.78, 5) is 26.5. The highest BCUT2D eigenvalue weighted by molar-refractivity contribution is 5.75. The van der Waals surface area contributed by atoms with Crippen molar-refractivity contribution < 1.29 is 4.79 Å². The molecule has 124 valence electrons. The zero-order valence-electron chi connectivity index (χ0n) is 14.1. The predicted molar refractivity (Wildman–Crippen MR) is 90.2 cm³/mol. The van der Waals surface area contributed by atoms with E-state index in [4.69, 9.17) is 5.26 Å². The van der Waals surface area contributed by atoms with E-state index in [2.05, 4.69) is 5.10 Å². The lowest BCUT2D eigenvalue weighted by molar-refractivity contribution is -0.132. The molecular formula is C18H20N4O2. The fraction of sp³-hybridized carbons (Fsp3) is 0.333. The van der Waals surface area contributed by atoms with Gasteiger partial charge in [0.15, 0.2) is 0 Å². The van der Waals surface area contributed by atoms with Crippen LogP contribution in [0.3, 0.4) is 0 Å². The van der Waals surface area contributed by atoms with Gasteiger partial charge in [-0.1, -0.05) is 30.3 Å². The van der Waals surface area contributed by atoms with Crippen LogP contribution in [0.2, 0.25) is 0 Å². The van der Waals surface area contributed by atoms with Crippen LogP contribution in [-0.4, -0.2) is 27.1 Å². The molecule has 1 aromatic carbocycles. The van der Waals surface area contributed by atoms with Crippen molar-refractivity contribution in [2.24, 2.45) is 0 Å². The third kappa shape index (κ3) is 3.69. The molecule has 6 nitrogen and oxygen atoms in total. The number of carbonyl (C=O) groups is 1. The molecule has 0 atom stereocenters. The van der Waals surface area contributed by atoms with Gasteiger partial charge in [-0.25, -0.2) is 4.68 Å². The van der Waals surface area contributed by atoms with Crippen LogP contribution in [0.5, 0.6) is 0 Å². The monoisotopic (exact) mass is 324 g/mol. The highest BCUT2D eigenvalue weighted by Crippen LogP contribution is 2.07. The Morgan fingerprint density at radius 2 is 1.96 bits per heavy atom. The number of rotatable bonds is 5. The Balaban J connectivity index is 2.24. The summed E-state index contributed by atoms with van der Waals surface area (Å²) in [6.07, 6.45) is 0. The fourth-order valence-electron chi connectivity index (χ4n) is 2.42. The number of aromatic nitrogens is 2. The van der Waals surface area contributed by atoms with Gasteiger partial charge < -0.3 is 4.90 Å². The molecule has 0 unspecified atom stereocenters. The fourth-order valence-corrected chi connectivity index (χ4v) is 2.42. The van der Waals surface area contributed by atoms with Crippen molar-refractivity contribution in [1.29, 1.82) is 5.26 Å². The minimum absolute atomic E-state index is 0.0430. The number of benzene rings is 1. The third-order valence-corrected chi connectivity index (χ3v) is 3.98. The van der Waals surface area contributed by atoms with Gasteiger partial charge in [0.05, 0.1) is 5.69 Å². The summed E-state index contributed by atoms with van der Waals surface area (Å²) in [5, 5.41) is 13.3. The second-order valence-electron chi connectivity index (χ2n) is 5.55. The van der Waals surface area contributed by atoms with Crippen LogP contribution >= 0.6 is 0 Å². The normalized spacial score (nSPS) is 10.2. The lowest BCUT2D eigenvalue weighted by Crippen LogP contribution is -2.38. The van der Waals surface area contributed by atoms with E-state index in [1.54, 1.807) is 18.7 Å². The molecule has 2 aromatic rings. The molecule has 0 aliphatic heterocycles. The van der Waals surface area contributed by atoms with E-state index in [9.17, 15) is 9.59 Å². The van der Waals surface area contributed by atoms with E-state index in [-0.39, 0.29) is 18.0 Å². The van der Waals surface area contributed by atoms with Gasteiger partial charge in [0.25, 0.3) is 5.56 Å². The Morgan fingerprint density at radius 1 is 1.29 bits per heavy atom. The molecule has 1 amide bonds. The smallest absolute Gasteiger partial charge is 0.285 e. The first kappa shape index (κ1) is 17.4. The number of carbonyl (C=O) groups excluding carboxylic acids is 1. The average Bonchev–Trinajstić information content (AvgIpc) is 2.59. The molecule has 24 heavy (non-hydrogen) atoms. The molecule has 1 heterocycles. The molecule has 0 saturated carbocycles. The van der Waals surface area contributed by atoms with Crippen LogP contribution in [0, 0.1) is 25.2 Å². The number of likely N-dealkylation sites (N-methyl/N-ethyl adjacent to an activating group) is 1.